The molecule has 18 heavy (non-hydrogen) atoms. The van der Waals surface area contributed by atoms with Gasteiger partial charge in [-0.15, -0.1) is 0 Å². The summed E-state index contributed by atoms with van der Waals surface area (Å²) in [5, 5.41) is 9.20. The fourth-order valence-corrected chi connectivity index (χ4v) is 2.23. The first kappa shape index (κ1) is 12.3. The van der Waals surface area contributed by atoms with E-state index in [9.17, 15) is 14.7 Å². The first-order valence-corrected chi connectivity index (χ1v) is 5.85. The first-order valence-electron chi connectivity index (χ1n) is 5.85. The predicted octanol–water partition coefficient (Wildman–Crippen LogP) is 0.624. The van der Waals surface area contributed by atoms with Gasteiger partial charge < -0.3 is 15.7 Å². The zero-order valence-electron chi connectivity index (χ0n) is 9.87. The van der Waals surface area contributed by atoms with Crippen molar-refractivity contribution in [2.75, 3.05) is 11.4 Å². The second kappa shape index (κ2) is 5.03. The topological polar surface area (TPSA) is 96.5 Å². The van der Waals surface area contributed by atoms with Crippen LogP contribution in [0.4, 0.5) is 5.69 Å². The number of rotatable bonds is 3. The number of aromatic nitrogens is 1. The first-order chi connectivity index (χ1) is 8.59. The molecule has 0 aliphatic carbocycles. The lowest BCUT2D eigenvalue weighted by atomic mass is 10.0. The van der Waals surface area contributed by atoms with Crippen molar-refractivity contribution in [3.63, 3.8) is 0 Å². The number of amides is 1. The highest BCUT2D eigenvalue weighted by atomic mass is 16.4. The number of nitrogens with two attached hydrogens (primary N) is 1. The van der Waals surface area contributed by atoms with Crippen LogP contribution in [0.3, 0.4) is 0 Å². The summed E-state index contributed by atoms with van der Waals surface area (Å²) >= 11 is 0. The number of carboxylic acids is 1. The van der Waals surface area contributed by atoms with Crippen LogP contribution in [-0.4, -0.2) is 34.6 Å². The molecule has 1 aromatic heterocycles. The standard InChI is InChI=1S/C12H15N3O3/c13-11(16)9-7-8(4-5-14-9)15-6-2-1-3-10(15)12(17)18/h4-5,7,10H,1-3,6H2,(H2,13,16)(H,17,18). The SMILES string of the molecule is NC(=O)c1cc(N2CCCCC2C(=O)O)ccn1. The fourth-order valence-electron chi connectivity index (χ4n) is 2.23. The van der Waals surface area contributed by atoms with E-state index in [1.54, 1.807) is 17.0 Å². The van der Waals surface area contributed by atoms with Crippen LogP contribution in [-0.2, 0) is 4.79 Å². The van der Waals surface area contributed by atoms with E-state index in [0.717, 1.165) is 12.8 Å². The molecule has 1 atom stereocenters. The van der Waals surface area contributed by atoms with E-state index in [0.29, 0.717) is 18.7 Å². The Kier molecular flexibility index (Phi) is 3.45. The predicted molar refractivity (Wildman–Crippen MR) is 65.4 cm³/mol. The maximum Gasteiger partial charge on any atom is 0.326 e. The Bertz CT molecular complexity index is 475. The van der Waals surface area contributed by atoms with Crippen LogP contribution in [0, 0.1) is 0 Å². The van der Waals surface area contributed by atoms with Crippen molar-refractivity contribution in [1.29, 1.82) is 0 Å². The Morgan fingerprint density at radius 1 is 1.44 bits per heavy atom. The van der Waals surface area contributed by atoms with Crippen molar-refractivity contribution in [2.24, 2.45) is 5.73 Å². The Labute approximate surface area is 104 Å². The van der Waals surface area contributed by atoms with E-state index in [1.165, 1.54) is 6.20 Å². The maximum absolute atomic E-state index is 11.2. The molecular weight excluding hydrogens is 234 g/mol. The number of carbonyl (C=O) groups excluding carboxylic acids is 1. The van der Waals surface area contributed by atoms with Crippen molar-refractivity contribution < 1.29 is 14.7 Å². The minimum atomic E-state index is -0.841. The van der Waals surface area contributed by atoms with Gasteiger partial charge in [0, 0.05) is 18.4 Å². The van der Waals surface area contributed by atoms with Crippen molar-refractivity contribution >= 4 is 17.6 Å². The van der Waals surface area contributed by atoms with E-state index in [1.807, 2.05) is 0 Å². The molecule has 1 unspecified atom stereocenters. The van der Waals surface area contributed by atoms with Crippen LogP contribution in [0.25, 0.3) is 0 Å². The number of piperidine rings is 1. The lowest BCUT2D eigenvalue weighted by Gasteiger charge is -2.34. The summed E-state index contributed by atoms with van der Waals surface area (Å²) < 4.78 is 0. The van der Waals surface area contributed by atoms with Gasteiger partial charge in [-0.2, -0.15) is 0 Å². The Balaban J connectivity index is 2.30. The molecule has 6 heteroatoms. The summed E-state index contributed by atoms with van der Waals surface area (Å²) in [5.74, 6) is -1.45. The number of carbonyl (C=O) groups is 2. The molecule has 1 fully saturated rings. The molecule has 6 nitrogen and oxygen atoms in total. The quantitative estimate of drug-likeness (QED) is 0.818. The summed E-state index contributed by atoms with van der Waals surface area (Å²) in [5.41, 5.74) is 6.01. The molecule has 1 aromatic rings. The van der Waals surface area contributed by atoms with Gasteiger partial charge in [-0.25, -0.2) is 4.79 Å². The monoisotopic (exact) mass is 249 g/mol. The molecular formula is C12H15N3O3. The summed E-state index contributed by atoms with van der Waals surface area (Å²) in [4.78, 5) is 27.9. The number of anilines is 1. The molecule has 2 rings (SSSR count). The van der Waals surface area contributed by atoms with Crippen LogP contribution < -0.4 is 10.6 Å². The molecule has 2 heterocycles. The van der Waals surface area contributed by atoms with E-state index in [2.05, 4.69) is 4.98 Å². The number of carboxylic acid groups (broad SMARTS) is 1. The summed E-state index contributed by atoms with van der Waals surface area (Å²) in [6, 6.07) is 2.71. The smallest absolute Gasteiger partial charge is 0.326 e. The molecule has 1 aliphatic heterocycles. The Morgan fingerprint density at radius 2 is 2.22 bits per heavy atom. The van der Waals surface area contributed by atoms with Gasteiger partial charge in [-0.3, -0.25) is 9.78 Å². The summed E-state index contributed by atoms with van der Waals surface area (Å²) in [6.45, 7) is 0.666. The van der Waals surface area contributed by atoms with Crippen molar-refractivity contribution in [3.8, 4) is 0 Å². The van der Waals surface area contributed by atoms with Gasteiger partial charge in [0.1, 0.15) is 11.7 Å². The largest absolute Gasteiger partial charge is 0.480 e. The molecule has 0 bridgehead atoms. The maximum atomic E-state index is 11.2. The molecule has 0 saturated carbocycles. The second-order valence-corrected chi connectivity index (χ2v) is 4.31. The Morgan fingerprint density at radius 3 is 2.89 bits per heavy atom. The lowest BCUT2D eigenvalue weighted by Crippen LogP contribution is -2.44. The molecule has 1 saturated heterocycles. The van der Waals surface area contributed by atoms with Gasteiger partial charge >= 0.3 is 5.97 Å². The lowest BCUT2D eigenvalue weighted by molar-refractivity contribution is -0.139. The summed E-state index contributed by atoms with van der Waals surface area (Å²) in [7, 11) is 0. The van der Waals surface area contributed by atoms with Gasteiger partial charge in [-0.05, 0) is 31.4 Å². The van der Waals surface area contributed by atoms with Gasteiger partial charge in [0.2, 0.25) is 0 Å². The average Bonchev–Trinajstić information content (AvgIpc) is 2.39. The number of nitrogens with zero attached hydrogens (tertiary/aromatic N) is 2. The van der Waals surface area contributed by atoms with Crippen LogP contribution in [0.1, 0.15) is 29.8 Å². The zero-order chi connectivity index (χ0) is 13.1. The summed E-state index contributed by atoms with van der Waals surface area (Å²) in [6.07, 6.45) is 3.94. The van der Waals surface area contributed by atoms with Crippen molar-refractivity contribution in [1.82, 2.24) is 4.98 Å². The van der Waals surface area contributed by atoms with Gasteiger partial charge in [0.15, 0.2) is 0 Å². The van der Waals surface area contributed by atoms with Crippen LogP contribution >= 0.6 is 0 Å². The van der Waals surface area contributed by atoms with Crippen LogP contribution in [0.2, 0.25) is 0 Å². The molecule has 0 spiro atoms. The molecule has 0 radical (unpaired) electrons. The third-order valence-electron chi connectivity index (χ3n) is 3.12. The molecule has 96 valence electrons. The highest BCUT2D eigenvalue weighted by Crippen LogP contribution is 2.25. The third kappa shape index (κ3) is 2.42. The number of hydrogen-bond donors (Lipinski definition) is 2. The van der Waals surface area contributed by atoms with E-state index >= 15 is 0 Å². The van der Waals surface area contributed by atoms with E-state index in [-0.39, 0.29) is 5.69 Å². The molecule has 1 aliphatic rings. The number of primary amides is 1. The van der Waals surface area contributed by atoms with E-state index < -0.39 is 17.9 Å². The number of hydrogen-bond acceptors (Lipinski definition) is 4. The fraction of sp³-hybridized carbons (Fsp3) is 0.417. The zero-order valence-corrected chi connectivity index (χ0v) is 9.87. The normalized spacial score (nSPS) is 19.6. The molecule has 1 amide bonds. The van der Waals surface area contributed by atoms with Crippen molar-refractivity contribution in [3.05, 3.63) is 24.0 Å². The second-order valence-electron chi connectivity index (χ2n) is 4.31. The molecule has 3 N–H and O–H groups in total. The van der Waals surface area contributed by atoms with Crippen molar-refractivity contribution in [2.45, 2.75) is 25.3 Å². The average molecular weight is 249 g/mol. The Hall–Kier alpha value is -2.11. The minimum Gasteiger partial charge on any atom is -0.480 e. The minimum absolute atomic E-state index is 0.155. The highest BCUT2D eigenvalue weighted by Gasteiger charge is 2.28. The van der Waals surface area contributed by atoms with Gasteiger partial charge in [0.05, 0.1) is 0 Å². The van der Waals surface area contributed by atoms with Gasteiger partial charge in [-0.1, -0.05) is 0 Å². The number of pyridine rings is 1. The van der Waals surface area contributed by atoms with Gasteiger partial charge in [0.25, 0.3) is 5.91 Å². The third-order valence-corrected chi connectivity index (χ3v) is 3.12. The van der Waals surface area contributed by atoms with E-state index in [4.69, 9.17) is 5.73 Å². The van der Waals surface area contributed by atoms with Crippen LogP contribution in [0.15, 0.2) is 18.3 Å². The van der Waals surface area contributed by atoms with Crippen LogP contribution in [0.5, 0.6) is 0 Å². The molecule has 0 aromatic carbocycles. The number of aliphatic carboxylic acids is 1. The highest BCUT2D eigenvalue weighted by molar-refractivity contribution is 5.92.